The molecule has 0 aliphatic carbocycles. The Morgan fingerprint density at radius 2 is 1.96 bits per heavy atom. The number of rotatable bonds is 7. The van der Waals surface area contributed by atoms with Crippen molar-refractivity contribution in [1.29, 1.82) is 0 Å². The number of hydrogen-bond acceptors (Lipinski definition) is 5. The van der Waals surface area contributed by atoms with E-state index in [9.17, 15) is 9.59 Å². The fourth-order valence-electron chi connectivity index (χ4n) is 2.61. The zero-order chi connectivity index (χ0) is 19.9. The average Bonchev–Trinajstić information content (AvgIpc) is 3.01. The van der Waals surface area contributed by atoms with E-state index in [0.717, 1.165) is 17.7 Å². The second kappa shape index (κ2) is 9.41. The quantitative estimate of drug-likeness (QED) is 0.739. The van der Waals surface area contributed by atoms with Gasteiger partial charge in [0.15, 0.2) is 5.17 Å². The summed E-state index contributed by atoms with van der Waals surface area (Å²) < 4.78 is 5.65. The average molecular weight is 398 g/mol. The van der Waals surface area contributed by atoms with Crippen LogP contribution in [0.3, 0.4) is 0 Å². The Morgan fingerprint density at radius 1 is 1.21 bits per heavy atom. The van der Waals surface area contributed by atoms with Crippen LogP contribution in [-0.2, 0) is 9.59 Å². The van der Waals surface area contributed by atoms with Gasteiger partial charge in [0.2, 0.25) is 11.8 Å². The maximum Gasteiger partial charge on any atom is 0.240 e. The van der Waals surface area contributed by atoms with E-state index >= 15 is 0 Å². The fraction of sp³-hybridized carbons (Fsp3) is 0.286. The Morgan fingerprint density at radius 3 is 2.71 bits per heavy atom. The first kappa shape index (κ1) is 19.9. The Kier molecular flexibility index (Phi) is 6.71. The van der Waals surface area contributed by atoms with E-state index in [1.807, 2.05) is 56.3 Å². The van der Waals surface area contributed by atoms with Gasteiger partial charge >= 0.3 is 0 Å². The van der Waals surface area contributed by atoms with Crippen LogP contribution in [0.5, 0.6) is 5.75 Å². The van der Waals surface area contributed by atoms with Gasteiger partial charge in [-0.2, -0.15) is 0 Å². The SMILES string of the molecule is CCCOc1ccccc1NC(=O)C[C@@H]1SC(=Nc2ccc(C)cc2)NC1=O. The molecular formula is C21H23N3O3S. The molecule has 1 heterocycles. The minimum absolute atomic E-state index is 0.0610. The first-order chi connectivity index (χ1) is 13.5. The second-order valence-corrected chi connectivity index (χ2v) is 7.64. The van der Waals surface area contributed by atoms with E-state index in [-0.39, 0.29) is 18.2 Å². The highest BCUT2D eigenvalue weighted by Gasteiger charge is 2.32. The Balaban J connectivity index is 1.60. The molecule has 3 rings (SSSR count). The first-order valence-electron chi connectivity index (χ1n) is 9.19. The summed E-state index contributed by atoms with van der Waals surface area (Å²) in [5, 5.41) is 5.59. The molecule has 1 atom stereocenters. The number of aryl methyl sites for hydroxylation is 1. The van der Waals surface area contributed by atoms with Crippen molar-refractivity contribution in [1.82, 2.24) is 5.32 Å². The lowest BCUT2D eigenvalue weighted by atomic mass is 10.2. The van der Waals surface area contributed by atoms with E-state index in [1.54, 1.807) is 6.07 Å². The lowest BCUT2D eigenvalue weighted by Crippen LogP contribution is -2.28. The van der Waals surface area contributed by atoms with Gasteiger partial charge in [0.05, 0.1) is 18.0 Å². The predicted octanol–water partition coefficient (Wildman–Crippen LogP) is 4.03. The Labute approximate surface area is 168 Å². The first-order valence-corrected chi connectivity index (χ1v) is 10.1. The molecule has 2 aromatic rings. The second-order valence-electron chi connectivity index (χ2n) is 6.45. The van der Waals surface area contributed by atoms with Crippen molar-refractivity contribution in [3.05, 3.63) is 54.1 Å². The molecule has 1 aliphatic rings. The maximum atomic E-state index is 12.4. The van der Waals surface area contributed by atoms with E-state index in [0.29, 0.717) is 23.2 Å². The van der Waals surface area contributed by atoms with Gasteiger partial charge in [0.25, 0.3) is 0 Å². The van der Waals surface area contributed by atoms with Crippen molar-refractivity contribution in [3.63, 3.8) is 0 Å². The third-order valence-electron chi connectivity index (χ3n) is 4.03. The number of carbonyl (C=O) groups excluding carboxylic acids is 2. The van der Waals surface area contributed by atoms with Gasteiger partial charge in [-0.05, 0) is 37.6 Å². The molecule has 2 N–H and O–H groups in total. The molecule has 146 valence electrons. The molecule has 2 amide bonds. The van der Waals surface area contributed by atoms with Crippen molar-refractivity contribution in [3.8, 4) is 5.75 Å². The van der Waals surface area contributed by atoms with Gasteiger partial charge < -0.3 is 15.4 Å². The molecule has 0 saturated carbocycles. The standard InChI is InChI=1S/C21H23N3O3S/c1-3-12-27-17-7-5-4-6-16(17)23-19(25)13-18-20(26)24-21(28-18)22-15-10-8-14(2)9-11-15/h4-11,18H,3,12-13H2,1-2H3,(H,23,25)(H,22,24,26)/t18-/m0/s1. The zero-order valence-electron chi connectivity index (χ0n) is 15.9. The summed E-state index contributed by atoms with van der Waals surface area (Å²) in [5.41, 5.74) is 2.52. The maximum absolute atomic E-state index is 12.4. The lowest BCUT2D eigenvalue weighted by Gasteiger charge is -2.12. The number of thioether (sulfide) groups is 1. The zero-order valence-corrected chi connectivity index (χ0v) is 16.7. The van der Waals surface area contributed by atoms with Gasteiger partial charge in [-0.15, -0.1) is 0 Å². The number of nitrogens with one attached hydrogen (secondary N) is 2. The molecular weight excluding hydrogens is 374 g/mol. The van der Waals surface area contributed by atoms with Crippen LogP contribution in [-0.4, -0.2) is 28.8 Å². The minimum Gasteiger partial charge on any atom is -0.491 e. The van der Waals surface area contributed by atoms with Gasteiger partial charge in [0.1, 0.15) is 11.0 Å². The van der Waals surface area contributed by atoms with Crippen LogP contribution < -0.4 is 15.4 Å². The number of benzene rings is 2. The van der Waals surface area contributed by atoms with Crippen molar-refractivity contribution < 1.29 is 14.3 Å². The summed E-state index contributed by atoms with van der Waals surface area (Å²) in [5.74, 6) is 0.182. The number of carbonyl (C=O) groups is 2. The largest absolute Gasteiger partial charge is 0.491 e. The molecule has 1 aliphatic heterocycles. The number of ether oxygens (including phenoxy) is 1. The molecule has 1 fully saturated rings. The van der Waals surface area contributed by atoms with E-state index in [4.69, 9.17) is 4.74 Å². The highest BCUT2D eigenvalue weighted by molar-refractivity contribution is 8.15. The van der Waals surface area contributed by atoms with E-state index in [2.05, 4.69) is 15.6 Å². The summed E-state index contributed by atoms with van der Waals surface area (Å²) in [6, 6.07) is 15.0. The van der Waals surface area contributed by atoms with Crippen LogP contribution in [0.15, 0.2) is 53.5 Å². The molecule has 6 nitrogen and oxygen atoms in total. The fourth-order valence-corrected chi connectivity index (χ4v) is 3.59. The van der Waals surface area contributed by atoms with Gasteiger partial charge in [-0.25, -0.2) is 4.99 Å². The molecule has 0 unspecified atom stereocenters. The molecule has 28 heavy (non-hydrogen) atoms. The monoisotopic (exact) mass is 397 g/mol. The lowest BCUT2D eigenvalue weighted by molar-refractivity contribution is -0.122. The Hall–Kier alpha value is -2.80. The number of amides is 2. The summed E-state index contributed by atoms with van der Waals surface area (Å²) in [7, 11) is 0. The highest BCUT2D eigenvalue weighted by atomic mass is 32.2. The highest BCUT2D eigenvalue weighted by Crippen LogP contribution is 2.27. The predicted molar refractivity (Wildman–Crippen MR) is 113 cm³/mol. The van der Waals surface area contributed by atoms with Gasteiger partial charge in [-0.3, -0.25) is 9.59 Å². The summed E-state index contributed by atoms with van der Waals surface area (Å²) in [6.07, 6.45) is 0.940. The van der Waals surface area contributed by atoms with Crippen LogP contribution in [0.1, 0.15) is 25.3 Å². The summed E-state index contributed by atoms with van der Waals surface area (Å²) >= 11 is 1.27. The normalized spacial score (nSPS) is 17.4. The summed E-state index contributed by atoms with van der Waals surface area (Å²) in [4.78, 5) is 29.1. The smallest absolute Gasteiger partial charge is 0.240 e. The van der Waals surface area contributed by atoms with Crippen LogP contribution in [0.2, 0.25) is 0 Å². The molecule has 0 bridgehead atoms. The van der Waals surface area contributed by atoms with Crippen LogP contribution in [0.4, 0.5) is 11.4 Å². The number of nitrogens with zero attached hydrogens (tertiary/aromatic N) is 1. The van der Waals surface area contributed by atoms with Crippen molar-refractivity contribution in [2.45, 2.75) is 31.9 Å². The van der Waals surface area contributed by atoms with Gasteiger partial charge in [0, 0.05) is 6.42 Å². The van der Waals surface area contributed by atoms with E-state index in [1.165, 1.54) is 11.8 Å². The number of para-hydroxylation sites is 2. The van der Waals surface area contributed by atoms with Crippen molar-refractivity contribution in [2.75, 3.05) is 11.9 Å². The molecule has 2 aromatic carbocycles. The number of amidine groups is 1. The molecule has 0 radical (unpaired) electrons. The molecule has 1 saturated heterocycles. The number of hydrogen-bond donors (Lipinski definition) is 2. The minimum atomic E-state index is -0.507. The number of anilines is 1. The molecule has 0 aromatic heterocycles. The van der Waals surface area contributed by atoms with Crippen LogP contribution in [0, 0.1) is 6.92 Å². The van der Waals surface area contributed by atoms with Crippen molar-refractivity contribution in [2.24, 2.45) is 4.99 Å². The van der Waals surface area contributed by atoms with Crippen LogP contribution >= 0.6 is 11.8 Å². The molecule has 0 spiro atoms. The van der Waals surface area contributed by atoms with Crippen LogP contribution in [0.25, 0.3) is 0 Å². The molecule has 7 heteroatoms. The summed E-state index contributed by atoms with van der Waals surface area (Å²) in [6.45, 7) is 4.60. The topological polar surface area (TPSA) is 79.8 Å². The van der Waals surface area contributed by atoms with Gasteiger partial charge in [-0.1, -0.05) is 48.5 Å². The Bertz CT molecular complexity index is 881. The third kappa shape index (κ3) is 5.36. The van der Waals surface area contributed by atoms with E-state index < -0.39 is 5.25 Å². The van der Waals surface area contributed by atoms with Crippen molar-refractivity contribution >= 4 is 40.1 Å². The number of aliphatic imine (C=N–C) groups is 1. The third-order valence-corrected chi connectivity index (χ3v) is 5.12.